The fourth-order valence-electron chi connectivity index (χ4n) is 2.05. The summed E-state index contributed by atoms with van der Waals surface area (Å²) in [4.78, 5) is 0. The summed E-state index contributed by atoms with van der Waals surface area (Å²) in [6.45, 7) is 6.01. The Labute approximate surface area is 124 Å². The second-order valence-electron chi connectivity index (χ2n) is 4.73. The molecule has 108 valence electrons. The molecule has 5 heteroatoms. The number of ether oxygens (including phenoxy) is 1. The highest BCUT2D eigenvalue weighted by molar-refractivity contribution is 6.31. The van der Waals surface area contributed by atoms with Gasteiger partial charge in [0.1, 0.15) is 12.4 Å². The van der Waals surface area contributed by atoms with Crippen LogP contribution < -0.4 is 10.1 Å². The van der Waals surface area contributed by atoms with Crippen molar-refractivity contribution in [3.63, 3.8) is 0 Å². The van der Waals surface area contributed by atoms with Crippen molar-refractivity contribution >= 4 is 11.6 Å². The minimum absolute atomic E-state index is 0.573. The minimum atomic E-state index is 0.573. The third-order valence-corrected chi connectivity index (χ3v) is 3.72. The SMILES string of the molecule is CNCc1ccc(OCCn2nc(C)c(Cl)c2C)cc1. The Hall–Kier alpha value is -1.52. The molecule has 1 aromatic carbocycles. The molecule has 0 aliphatic rings. The Morgan fingerprint density at radius 1 is 1.25 bits per heavy atom. The van der Waals surface area contributed by atoms with E-state index in [2.05, 4.69) is 22.5 Å². The summed E-state index contributed by atoms with van der Waals surface area (Å²) in [6, 6.07) is 8.10. The molecular weight excluding hydrogens is 274 g/mol. The summed E-state index contributed by atoms with van der Waals surface area (Å²) in [5, 5.41) is 8.23. The Kier molecular flexibility index (Phi) is 5.04. The first-order valence-electron chi connectivity index (χ1n) is 6.67. The Morgan fingerprint density at radius 2 is 1.95 bits per heavy atom. The van der Waals surface area contributed by atoms with E-state index < -0.39 is 0 Å². The third-order valence-electron chi connectivity index (χ3n) is 3.17. The monoisotopic (exact) mass is 293 g/mol. The molecule has 2 aromatic rings. The lowest BCUT2D eigenvalue weighted by atomic mass is 10.2. The van der Waals surface area contributed by atoms with Gasteiger partial charge in [-0.3, -0.25) is 4.68 Å². The summed E-state index contributed by atoms with van der Waals surface area (Å²) < 4.78 is 7.60. The van der Waals surface area contributed by atoms with Crippen LogP contribution in [0.3, 0.4) is 0 Å². The van der Waals surface area contributed by atoms with E-state index in [9.17, 15) is 0 Å². The van der Waals surface area contributed by atoms with Gasteiger partial charge in [-0.25, -0.2) is 0 Å². The second-order valence-corrected chi connectivity index (χ2v) is 5.11. The van der Waals surface area contributed by atoms with Crippen LogP contribution in [0, 0.1) is 13.8 Å². The molecule has 4 nitrogen and oxygen atoms in total. The number of halogens is 1. The van der Waals surface area contributed by atoms with Crippen LogP contribution in [0.5, 0.6) is 5.75 Å². The van der Waals surface area contributed by atoms with E-state index in [0.29, 0.717) is 13.2 Å². The van der Waals surface area contributed by atoms with Gasteiger partial charge < -0.3 is 10.1 Å². The molecule has 0 saturated carbocycles. The highest BCUT2D eigenvalue weighted by Gasteiger charge is 2.08. The minimum Gasteiger partial charge on any atom is -0.492 e. The Balaban J connectivity index is 1.87. The van der Waals surface area contributed by atoms with E-state index in [1.54, 1.807) is 0 Å². The number of benzene rings is 1. The Morgan fingerprint density at radius 3 is 2.50 bits per heavy atom. The Bertz CT molecular complexity index is 563. The lowest BCUT2D eigenvalue weighted by molar-refractivity contribution is 0.289. The maximum Gasteiger partial charge on any atom is 0.119 e. The van der Waals surface area contributed by atoms with E-state index in [1.807, 2.05) is 37.7 Å². The maximum atomic E-state index is 6.11. The van der Waals surface area contributed by atoms with Crippen molar-refractivity contribution < 1.29 is 4.74 Å². The van der Waals surface area contributed by atoms with E-state index in [4.69, 9.17) is 16.3 Å². The number of hydrogen-bond acceptors (Lipinski definition) is 3. The van der Waals surface area contributed by atoms with E-state index in [-0.39, 0.29) is 0 Å². The number of aromatic nitrogens is 2. The summed E-state index contributed by atoms with van der Waals surface area (Å²) in [5.41, 5.74) is 3.09. The number of aryl methyl sites for hydroxylation is 1. The van der Waals surface area contributed by atoms with Crippen molar-refractivity contribution in [3.8, 4) is 5.75 Å². The van der Waals surface area contributed by atoms with Crippen molar-refractivity contribution in [1.29, 1.82) is 0 Å². The first-order chi connectivity index (χ1) is 9.61. The average Bonchev–Trinajstić information content (AvgIpc) is 2.69. The zero-order valence-electron chi connectivity index (χ0n) is 12.1. The van der Waals surface area contributed by atoms with Gasteiger partial charge in [-0.1, -0.05) is 23.7 Å². The van der Waals surface area contributed by atoms with E-state index >= 15 is 0 Å². The molecular formula is C15H20ClN3O. The van der Waals surface area contributed by atoms with Crippen LogP contribution in [0.1, 0.15) is 17.0 Å². The molecule has 0 radical (unpaired) electrons. The predicted octanol–water partition coefficient (Wildman–Crippen LogP) is 2.95. The predicted molar refractivity (Wildman–Crippen MR) is 81.4 cm³/mol. The van der Waals surface area contributed by atoms with Gasteiger partial charge in [0.25, 0.3) is 0 Å². The largest absolute Gasteiger partial charge is 0.492 e. The van der Waals surface area contributed by atoms with Crippen LogP contribution >= 0.6 is 11.6 Å². The molecule has 1 aromatic heterocycles. The molecule has 0 bridgehead atoms. The van der Waals surface area contributed by atoms with Gasteiger partial charge in [-0.05, 0) is 38.6 Å². The van der Waals surface area contributed by atoms with Crippen molar-refractivity contribution in [1.82, 2.24) is 15.1 Å². The van der Waals surface area contributed by atoms with Crippen molar-refractivity contribution in [2.24, 2.45) is 0 Å². The lowest BCUT2D eigenvalue weighted by Crippen LogP contribution is -2.11. The van der Waals surface area contributed by atoms with Gasteiger partial charge in [0, 0.05) is 6.54 Å². The van der Waals surface area contributed by atoms with Crippen LogP contribution in [0.2, 0.25) is 5.02 Å². The van der Waals surface area contributed by atoms with E-state index in [1.165, 1.54) is 5.56 Å². The normalized spacial score (nSPS) is 10.8. The lowest BCUT2D eigenvalue weighted by Gasteiger charge is -2.08. The summed E-state index contributed by atoms with van der Waals surface area (Å²) >= 11 is 6.11. The molecule has 1 N–H and O–H groups in total. The molecule has 0 saturated heterocycles. The molecule has 1 heterocycles. The van der Waals surface area contributed by atoms with Crippen LogP contribution in [0.4, 0.5) is 0 Å². The first kappa shape index (κ1) is 14.9. The molecule has 20 heavy (non-hydrogen) atoms. The van der Waals surface area contributed by atoms with Gasteiger partial charge in [-0.15, -0.1) is 0 Å². The van der Waals surface area contributed by atoms with Crippen LogP contribution in [-0.2, 0) is 13.1 Å². The van der Waals surface area contributed by atoms with Crippen molar-refractivity contribution in [2.75, 3.05) is 13.7 Å². The summed E-state index contributed by atoms with van der Waals surface area (Å²) in [5.74, 6) is 0.873. The van der Waals surface area contributed by atoms with E-state index in [0.717, 1.165) is 28.7 Å². The van der Waals surface area contributed by atoms with Gasteiger partial charge in [0.2, 0.25) is 0 Å². The number of nitrogens with zero attached hydrogens (tertiary/aromatic N) is 2. The van der Waals surface area contributed by atoms with Crippen LogP contribution in [-0.4, -0.2) is 23.4 Å². The fraction of sp³-hybridized carbons (Fsp3) is 0.400. The number of hydrogen-bond donors (Lipinski definition) is 1. The topological polar surface area (TPSA) is 39.1 Å². The summed E-state index contributed by atoms with van der Waals surface area (Å²) in [6.07, 6.45) is 0. The standard InChI is InChI=1S/C15H20ClN3O/c1-11-15(16)12(2)19(18-11)8-9-20-14-6-4-13(5-7-14)10-17-3/h4-7,17H,8-10H2,1-3H3. The molecule has 0 unspecified atom stereocenters. The maximum absolute atomic E-state index is 6.11. The van der Waals surface area contributed by atoms with Gasteiger partial charge in [0.15, 0.2) is 0 Å². The molecule has 0 aliphatic heterocycles. The highest BCUT2D eigenvalue weighted by Crippen LogP contribution is 2.19. The second kappa shape index (κ2) is 6.77. The van der Waals surface area contributed by atoms with Crippen molar-refractivity contribution in [3.05, 3.63) is 46.2 Å². The first-order valence-corrected chi connectivity index (χ1v) is 7.05. The quantitative estimate of drug-likeness (QED) is 0.890. The van der Waals surface area contributed by atoms with Crippen LogP contribution in [0.15, 0.2) is 24.3 Å². The fourth-order valence-corrected chi connectivity index (χ4v) is 2.19. The smallest absolute Gasteiger partial charge is 0.119 e. The zero-order chi connectivity index (χ0) is 14.5. The van der Waals surface area contributed by atoms with Gasteiger partial charge in [-0.2, -0.15) is 5.10 Å². The zero-order valence-corrected chi connectivity index (χ0v) is 12.9. The van der Waals surface area contributed by atoms with Crippen LogP contribution in [0.25, 0.3) is 0 Å². The molecule has 0 spiro atoms. The van der Waals surface area contributed by atoms with Gasteiger partial charge >= 0.3 is 0 Å². The molecule has 0 amide bonds. The van der Waals surface area contributed by atoms with Gasteiger partial charge in [0.05, 0.1) is 23.0 Å². The van der Waals surface area contributed by atoms with Crippen molar-refractivity contribution in [2.45, 2.75) is 26.9 Å². The average molecular weight is 294 g/mol. The molecule has 2 rings (SSSR count). The third kappa shape index (κ3) is 3.52. The number of rotatable bonds is 6. The molecule has 0 atom stereocenters. The number of nitrogens with one attached hydrogen (secondary N) is 1. The highest BCUT2D eigenvalue weighted by atomic mass is 35.5. The summed E-state index contributed by atoms with van der Waals surface area (Å²) in [7, 11) is 1.93. The molecule has 0 fully saturated rings. The molecule has 0 aliphatic carbocycles.